The molecule has 1 saturated carbocycles. The Morgan fingerprint density at radius 3 is 2.57 bits per heavy atom. The molecule has 0 aliphatic heterocycles. The van der Waals surface area contributed by atoms with Crippen LogP contribution >= 0.6 is 0 Å². The van der Waals surface area contributed by atoms with E-state index in [9.17, 15) is 14.5 Å². The van der Waals surface area contributed by atoms with E-state index in [-0.39, 0.29) is 22.3 Å². The van der Waals surface area contributed by atoms with E-state index in [0.29, 0.717) is 16.9 Å². The van der Waals surface area contributed by atoms with Crippen molar-refractivity contribution in [3.8, 4) is 11.5 Å². The van der Waals surface area contributed by atoms with Crippen molar-refractivity contribution in [2.75, 3.05) is 0 Å². The highest BCUT2D eigenvalue weighted by atomic mass is 19.1. The minimum Gasteiger partial charge on any atom is -0.454 e. The summed E-state index contributed by atoms with van der Waals surface area (Å²) in [5, 5.41) is 11.1. The van der Waals surface area contributed by atoms with Crippen LogP contribution in [0.3, 0.4) is 0 Å². The molecule has 21 heavy (non-hydrogen) atoms. The fraction of sp³-hybridized carbons (Fsp3) is 0.250. The zero-order valence-electron chi connectivity index (χ0n) is 11.5. The van der Waals surface area contributed by atoms with E-state index >= 15 is 0 Å². The molecule has 0 atom stereocenters. The molecule has 2 aromatic carbocycles. The molecule has 1 aliphatic rings. The van der Waals surface area contributed by atoms with Gasteiger partial charge in [0.25, 0.3) is 5.69 Å². The first kappa shape index (κ1) is 13.5. The Balaban J connectivity index is 2.01. The molecule has 0 heterocycles. The molecule has 0 unspecified atom stereocenters. The molecule has 1 fully saturated rings. The number of nitro groups is 1. The van der Waals surface area contributed by atoms with Crippen molar-refractivity contribution in [2.45, 2.75) is 25.7 Å². The Labute approximate surface area is 121 Å². The summed E-state index contributed by atoms with van der Waals surface area (Å²) >= 11 is 0. The Kier molecular flexibility index (Phi) is 3.33. The summed E-state index contributed by atoms with van der Waals surface area (Å²) < 4.78 is 19.2. The van der Waals surface area contributed by atoms with E-state index in [1.807, 2.05) is 0 Å². The number of ether oxygens (including phenoxy) is 1. The van der Waals surface area contributed by atoms with Crippen LogP contribution in [0, 0.1) is 22.9 Å². The van der Waals surface area contributed by atoms with E-state index in [1.165, 1.54) is 18.2 Å². The van der Waals surface area contributed by atoms with Gasteiger partial charge in [0.2, 0.25) is 0 Å². The van der Waals surface area contributed by atoms with Gasteiger partial charge in [-0.2, -0.15) is 0 Å². The van der Waals surface area contributed by atoms with Crippen molar-refractivity contribution >= 4 is 5.69 Å². The quantitative estimate of drug-likeness (QED) is 0.604. The lowest BCUT2D eigenvalue weighted by molar-refractivity contribution is -0.385. The Bertz CT molecular complexity index is 711. The molecule has 3 rings (SSSR count). The zero-order chi connectivity index (χ0) is 15.0. The van der Waals surface area contributed by atoms with Gasteiger partial charge in [-0.1, -0.05) is 12.1 Å². The summed E-state index contributed by atoms with van der Waals surface area (Å²) in [4.78, 5) is 10.8. The van der Waals surface area contributed by atoms with Crippen LogP contribution in [-0.4, -0.2) is 4.92 Å². The fourth-order valence-electron chi connectivity index (χ4n) is 2.32. The van der Waals surface area contributed by atoms with Gasteiger partial charge in [0, 0.05) is 11.6 Å². The maximum atomic E-state index is 13.7. The highest BCUT2D eigenvalue weighted by Gasteiger charge is 2.31. The maximum Gasteiger partial charge on any atom is 0.273 e. The molecule has 4 nitrogen and oxygen atoms in total. The van der Waals surface area contributed by atoms with Crippen molar-refractivity contribution in [3.63, 3.8) is 0 Å². The predicted octanol–water partition coefficient (Wildman–Crippen LogP) is 4.71. The normalized spacial score (nSPS) is 14.0. The topological polar surface area (TPSA) is 52.4 Å². The fourth-order valence-corrected chi connectivity index (χ4v) is 2.32. The highest BCUT2D eigenvalue weighted by Crippen LogP contribution is 2.46. The molecular formula is C16H14FNO3. The van der Waals surface area contributed by atoms with E-state index in [4.69, 9.17) is 4.74 Å². The SMILES string of the molecule is Cc1cc([N+](=O)[O-])c(C2CC2)cc1Oc1ccccc1F. The zero-order valence-corrected chi connectivity index (χ0v) is 11.5. The van der Waals surface area contributed by atoms with Crippen LogP contribution in [0.25, 0.3) is 0 Å². The minimum absolute atomic E-state index is 0.121. The van der Waals surface area contributed by atoms with Gasteiger partial charge in [-0.25, -0.2) is 4.39 Å². The second kappa shape index (κ2) is 5.16. The van der Waals surface area contributed by atoms with E-state index in [1.54, 1.807) is 25.1 Å². The average molecular weight is 287 g/mol. The molecule has 0 amide bonds. The number of benzene rings is 2. The molecule has 108 valence electrons. The summed E-state index contributed by atoms with van der Waals surface area (Å²) in [6.45, 7) is 1.72. The first-order valence-corrected chi connectivity index (χ1v) is 6.77. The highest BCUT2D eigenvalue weighted by molar-refractivity contribution is 5.53. The van der Waals surface area contributed by atoms with Crippen molar-refractivity contribution in [1.82, 2.24) is 0 Å². The number of nitrogens with zero attached hydrogens (tertiary/aromatic N) is 1. The summed E-state index contributed by atoms with van der Waals surface area (Å²) in [6, 6.07) is 9.30. The number of nitro benzene ring substituents is 1. The molecule has 0 saturated heterocycles. The van der Waals surface area contributed by atoms with Crippen LogP contribution in [0.1, 0.15) is 29.9 Å². The van der Waals surface area contributed by atoms with E-state index in [2.05, 4.69) is 0 Å². The van der Waals surface area contributed by atoms with Gasteiger partial charge in [-0.15, -0.1) is 0 Å². The lowest BCUT2D eigenvalue weighted by Crippen LogP contribution is -1.98. The standard InChI is InChI=1S/C16H14FNO3/c1-10-8-14(18(19)20)12(11-6-7-11)9-16(10)21-15-5-3-2-4-13(15)17/h2-5,8-9,11H,6-7H2,1H3. The largest absolute Gasteiger partial charge is 0.454 e. The van der Waals surface area contributed by atoms with E-state index in [0.717, 1.165) is 12.8 Å². The second-order valence-corrected chi connectivity index (χ2v) is 5.24. The van der Waals surface area contributed by atoms with Crippen LogP contribution in [0.2, 0.25) is 0 Å². The number of hydrogen-bond donors (Lipinski definition) is 0. The molecule has 0 radical (unpaired) electrons. The third-order valence-electron chi connectivity index (χ3n) is 3.59. The third kappa shape index (κ3) is 2.72. The van der Waals surface area contributed by atoms with Crippen molar-refractivity contribution in [1.29, 1.82) is 0 Å². The molecule has 2 aromatic rings. The predicted molar refractivity (Wildman–Crippen MR) is 76.3 cm³/mol. The van der Waals surface area contributed by atoms with Crippen LogP contribution in [-0.2, 0) is 0 Å². The lowest BCUT2D eigenvalue weighted by Gasteiger charge is -2.11. The van der Waals surface area contributed by atoms with Crippen LogP contribution in [0.5, 0.6) is 11.5 Å². The van der Waals surface area contributed by atoms with Gasteiger partial charge in [0.1, 0.15) is 5.75 Å². The van der Waals surface area contributed by atoms with Crippen LogP contribution in [0.15, 0.2) is 36.4 Å². The number of para-hydroxylation sites is 1. The van der Waals surface area contributed by atoms with Gasteiger partial charge >= 0.3 is 0 Å². The summed E-state index contributed by atoms with van der Waals surface area (Å²) in [5.41, 5.74) is 1.42. The Hall–Kier alpha value is -2.43. The summed E-state index contributed by atoms with van der Waals surface area (Å²) in [6.07, 6.45) is 1.89. The van der Waals surface area contributed by atoms with Crippen molar-refractivity contribution in [3.05, 3.63) is 63.5 Å². The van der Waals surface area contributed by atoms with Gasteiger partial charge in [0.05, 0.1) is 4.92 Å². The maximum absolute atomic E-state index is 13.7. The molecular weight excluding hydrogens is 273 g/mol. The Morgan fingerprint density at radius 1 is 1.24 bits per heavy atom. The minimum atomic E-state index is -0.455. The van der Waals surface area contributed by atoms with Gasteiger partial charge < -0.3 is 4.74 Å². The van der Waals surface area contributed by atoms with Crippen molar-refractivity contribution < 1.29 is 14.1 Å². The molecule has 0 bridgehead atoms. The van der Waals surface area contributed by atoms with E-state index < -0.39 is 5.82 Å². The first-order valence-electron chi connectivity index (χ1n) is 6.77. The number of halogens is 1. The van der Waals surface area contributed by atoms with Crippen LogP contribution in [0.4, 0.5) is 10.1 Å². The first-order chi connectivity index (χ1) is 10.1. The van der Waals surface area contributed by atoms with Crippen LogP contribution < -0.4 is 4.74 Å². The molecule has 0 aromatic heterocycles. The monoisotopic (exact) mass is 287 g/mol. The van der Waals surface area contributed by atoms with Gasteiger partial charge in [0.15, 0.2) is 11.6 Å². The molecule has 1 aliphatic carbocycles. The lowest BCUT2D eigenvalue weighted by atomic mass is 10.0. The molecule has 0 N–H and O–H groups in total. The van der Waals surface area contributed by atoms with Gasteiger partial charge in [-0.3, -0.25) is 10.1 Å². The second-order valence-electron chi connectivity index (χ2n) is 5.24. The Morgan fingerprint density at radius 2 is 1.95 bits per heavy atom. The summed E-state index contributed by atoms with van der Waals surface area (Å²) in [7, 11) is 0. The number of hydrogen-bond acceptors (Lipinski definition) is 3. The average Bonchev–Trinajstić information content (AvgIpc) is 3.27. The molecule has 5 heteroatoms. The molecule has 0 spiro atoms. The number of aryl methyl sites for hydroxylation is 1. The summed E-state index contributed by atoms with van der Waals surface area (Å²) in [5.74, 6) is 0.348. The van der Waals surface area contributed by atoms with Crippen molar-refractivity contribution in [2.24, 2.45) is 0 Å². The van der Waals surface area contributed by atoms with Gasteiger partial charge in [-0.05, 0) is 49.4 Å². The third-order valence-corrected chi connectivity index (χ3v) is 3.59. The number of rotatable bonds is 4. The smallest absolute Gasteiger partial charge is 0.273 e.